The number of hydrogen-bond donors (Lipinski definition) is 0. The molecule has 1 aliphatic carbocycles. The molecule has 2 heterocycles. The van der Waals surface area contributed by atoms with E-state index in [0.717, 1.165) is 17.9 Å². The van der Waals surface area contributed by atoms with E-state index in [9.17, 15) is 0 Å². The smallest absolute Gasteiger partial charge is 0.0223 e. The molecule has 2 heteroatoms. The number of rotatable bonds is 3. The number of fused-ring (bicyclic) bond motifs is 1. The molecule has 2 aliphatic heterocycles. The molecule has 0 aromatic rings. The van der Waals surface area contributed by atoms with E-state index in [1.807, 2.05) is 0 Å². The molecule has 3 fully saturated rings. The molecule has 0 spiro atoms. The molecule has 0 N–H and O–H groups in total. The summed E-state index contributed by atoms with van der Waals surface area (Å²) in [6.45, 7) is 9.23. The van der Waals surface area contributed by atoms with Crippen LogP contribution in [0.3, 0.4) is 0 Å². The van der Waals surface area contributed by atoms with Gasteiger partial charge in [0.1, 0.15) is 0 Å². The van der Waals surface area contributed by atoms with Crippen LogP contribution in [0, 0.1) is 11.8 Å². The van der Waals surface area contributed by atoms with Crippen molar-refractivity contribution in [3.8, 4) is 0 Å². The Bertz CT molecular complexity index is 237. The van der Waals surface area contributed by atoms with E-state index in [4.69, 9.17) is 0 Å². The summed E-state index contributed by atoms with van der Waals surface area (Å²) in [6.07, 6.45) is 7.37. The lowest BCUT2D eigenvalue weighted by Gasteiger charge is -2.44. The van der Waals surface area contributed by atoms with Gasteiger partial charge in [0.15, 0.2) is 0 Å². The Morgan fingerprint density at radius 2 is 1.94 bits per heavy atom. The van der Waals surface area contributed by atoms with Crippen LogP contribution >= 0.6 is 0 Å². The van der Waals surface area contributed by atoms with Gasteiger partial charge in [0.2, 0.25) is 0 Å². The lowest BCUT2D eigenvalue weighted by molar-refractivity contribution is 0.0414. The zero-order valence-corrected chi connectivity index (χ0v) is 10.7. The van der Waals surface area contributed by atoms with Gasteiger partial charge >= 0.3 is 0 Å². The highest BCUT2D eigenvalue weighted by atomic mass is 15.3. The summed E-state index contributed by atoms with van der Waals surface area (Å²) in [5.74, 6) is 2.03. The van der Waals surface area contributed by atoms with Crippen LogP contribution in [-0.4, -0.2) is 48.6 Å². The molecule has 0 bridgehead atoms. The van der Waals surface area contributed by atoms with Gasteiger partial charge in [-0.2, -0.15) is 0 Å². The van der Waals surface area contributed by atoms with E-state index in [0.29, 0.717) is 0 Å². The molecule has 2 atom stereocenters. The van der Waals surface area contributed by atoms with Gasteiger partial charge in [0.25, 0.3) is 0 Å². The van der Waals surface area contributed by atoms with Gasteiger partial charge in [-0.1, -0.05) is 13.3 Å². The molecule has 2 saturated heterocycles. The topological polar surface area (TPSA) is 6.48 Å². The summed E-state index contributed by atoms with van der Waals surface area (Å²) in [5.41, 5.74) is 0. The highest BCUT2D eigenvalue weighted by Crippen LogP contribution is 2.37. The van der Waals surface area contributed by atoms with Crippen LogP contribution in [0.2, 0.25) is 0 Å². The number of hydrogen-bond acceptors (Lipinski definition) is 2. The lowest BCUT2D eigenvalue weighted by Crippen LogP contribution is -2.55. The third kappa shape index (κ3) is 2.43. The normalized spacial score (nSPS) is 34.7. The molecule has 0 amide bonds. The van der Waals surface area contributed by atoms with Crippen molar-refractivity contribution in [3.63, 3.8) is 0 Å². The summed E-state index contributed by atoms with van der Waals surface area (Å²) in [4.78, 5) is 5.48. The standard InChI is InChI=1S/C14H26N2/c1-12(13-5-6-13)10-15-8-9-16-7-3-2-4-14(16)11-15/h12-14H,2-11H2,1H3. The van der Waals surface area contributed by atoms with Crippen molar-refractivity contribution < 1.29 is 0 Å². The van der Waals surface area contributed by atoms with Crippen LogP contribution < -0.4 is 0 Å². The van der Waals surface area contributed by atoms with E-state index in [2.05, 4.69) is 16.7 Å². The predicted octanol–water partition coefficient (Wildman–Crippen LogP) is 2.20. The number of piperazine rings is 1. The first-order valence-corrected chi connectivity index (χ1v) is 7.29. The van der Waals surface area contributed by atoms with Crippen molar-refractivity contribution in [2.24, 2.45) is 11.8 Å². The maximum atomic E-state index is 2.75. The Labute approximate surface area is 100.0 Å². The minimum absolute atomic E-state index is 0.897. The summed E-state index contributed by atoms with van der Waals surface area (Å²) in [6, 6.07) is 0.897. The first-order chi connectivity index (χ1) is 7.83. The van der Waals surface area contributed by atoms with Gasteiger partial charge in [-0.05, 0) is 44.1 Å². The van der Waals surface area contributed by atoms with Crippen LogP contribution in [0.1, 0.15) is 39.0 Å². The van der Waals surface area contributed by atoms with Crippen molar-refractivity contribution in [1.29, 1.82) is 0 Å². The highest BCUT2D eigenvalue weighted by molar-refractivity contribution is 4.87. The maximum absolute atomic E-state index is 2.75. The van der Waals surface area contributed by atoms with E-state index >= 15 is 0 Å². The van der Waals surface area contributed by atoms with Crippen LogP contribution in [0.5, 0.6) is 0 Å². The molecule has 0 aromatic heterocycles. The highest BCUT2D eigenvalue weighted by Gasteiger charge is 2.32. The third-order valence-electron chi connectivity index (χ3n) is 4.89. The fraction of sp³-hybridized carbons (Fsp3) is 1.00. The molecule has 2 nitrogen and oxygen atoms in total. The zero-order chi connectivity index (χ0) is 11.0. The Kier molecular flexibility index (Phi) is 3.21. The predicted molar refractivity (Wildman–Crippen MR) is 67.5 cm³/mol. The average molecular weight is 222 g/mol. The van der Waals surface area contributed by atoms with Crippen molar-refractivity contribution in [3.05, 3.63) is 0 Å². The second-order valence-electron chi connectivity index (χ2n) is 6.26. The molecule has 16 heavy (non-hydrogen) atoms. The maximum Gasteiger partial charge on any atom is 0.0223 e. The summed E-state index contributed by atoms with van der Waals surface area (Å²) in [7, 11) is 0. The fourth-order valence-electron chi connectivity index (χ4n) is 3.61. The molecule has 1 saturated carbocycles. The van der Waals surface area contributed by atoms with Crippen LogP contribution in [-0.2, 0) is 0 Å². The van der Waals surface area contributed by atoms with Gasteiger partial charge in [-0.15, -0.1) is 0 Å². The van der Waals surface area contributed by atoms with E-state index in [1.165, 1.54) is 64.8 Å². The summed E-state index contributed by atoms with van der Waals surface area (Å²) < 4.78 is 0. The van der Waals surface area contributed by atoms with Gasteiger partial charge in [-0.25, -0.2) is 0 Å². The molecule has 3 aliphatic rings. The van der Waals surface area contributed by atoms with Gasteiger partial charge in [0, 0.05) is 32.2 Å². The monoisotopic (exact) mass is 222 g/mol. The van der Waals surface area contributed by atoms with E-state index < -0.39 is 0 Å². The molecular weight excluding hydrogens is 196 g/mol. The summed E-state index contributed by atoms with van der Waals surface area (Å²) >= 11 is 0. The quantitative estimate of drug-likeness (QED) is 0.722. The molecule has 0 radical (unpaired) electrons. The first kappa shape index (κ1) is 11.0. The second-order valence-corrected chi connectivity index (χ2v) is 6.26. The molecule has 92 valence electrons. The van der Waals surface area contributed by atoms with Gasteiger partial charge < -0.3 is 4.90 Å². The first-order valence-electron chi connectivity index (χ1n) is 7.29. The Morgan fingerprint density at radius 1 is 1.06 bits per heavy atom. The van der Waals surface area contributed by atoms with Crippen LogP contribution in [0.15, 0.2) is 0 Å². The van der Waals surface area contributed by atoms with E-state index in [-0.39, 0.29) is 0 Å². The van der Waals surface area contributed by atoms with Crippen LogP contribution in [0.4, 0.5) is 0 Å². The number of nitrogens with zero attached hydrogens (tertiary/aromatic N) is 2. The molecule has 0 aromatic carbocycles. The summed E-state index contributed by atoms with van der Waals surface area (Å²) in [5, 5.41) is 0. The van der Waals surface area contributed by atoms with Crippen LogP contribution in [0.25, 0.3) is 0 Å². The Balaban J connectivity index is 1.49. The zero-order valence-electron chi connectivity index (χ0n) is 10.7. The SMILES string of the molecule is CC(CN1CCN2CCCCC2C1)C1CC1. The molecule has 2 unspecified atom stereocenters. The fourth-order valence-corrected chi connectivity index (χ4v) is 3.61. The van der Waals surface area contributed by atoms with Gasteiger partial charge in [0.05, 0.1) is 0 Å². The Hall–Kier alpha value is -0.0800. The minimum atomic E-state index is 0.897. The average Bonchev–Trinajstić information content (AvgIpc) is 3.12. The minimum Gasteiger partial charge on any atom is -0.300 e. The lowest BCUT2D eigenvalue weighted by atomic mass is 9.98. The van der Waals surface area contributed by atoms with Crippen molar-refractivity contribution >= 4 is 0 Å². The van der Waals surface area contributed by atoms with Crippen molar-refractivity contribution in [1.82, 2.24) is 9.80 Å². The number of piperidine rings is 1. The van der Waals surface area contributed by atoms with Crippen molar-refractivity contribution in [2.45, 2.75) is 45.1 Å². The van der Waals surface area contributed by atoms with Gasteiger partial charge in [-0.3, -0.25) is 4.90 Å². The third-order valence-corrected chi connectivity index (χ3v) is 4.89. The van der Waals surface area contributed by atoms with E-state index in [1.54, 1.807) is 0 Å². The second kappa shape index (κ2) is 4.66. The largest absolute Gasteiger partial charge is 0.300 e. The molecule has 3 rings (SSSR count). The Morgan fingerprint density at radius 3 is 2.75 bits per heavy atom. The molecular formula is C14H26N2. The van der Waals surface area contributed by atoms with Crippen molar-refractivity contribution in [2.75, 3.05) is 32.7 Å².